The van der Waals surface area contributed by atoms with Gasteiger partial charge in [0, 0.05) is 35.8 Å². The molecule has 24 heavy (non-hydrogen) atoms. The van der Waals surface area contributed by atoms with E-state index in [0.29, 0.717) is 13.0 Å². The summed E-state index contributed by atoms with van der Waals surface area (Å²) in [5.41, 5.74) is 1.05. The molecule has 0 radical (unpaired) electrons. The lowest BCUT2D eigenvalue weighted by Gasteiger charge is -2.23. The molecule has 3 aromatic rings. The lowest BCUT2D eigenvalue weighted by atomic mass is 9.93. The highest BCUT2D eigenvalue weighted by atomic mass is 32.1. The molecule has 0 bridgehead atoms. The van der Waals surface area contributed by atoms with Crippen molar-refractivity contribution in [3.8, 4) is 0 Å². The number of carbonyl (C=O) groups excluding carboxylic acids is 1. The van der Waals surface area contributed by atoms with E-state index in [2.05, 4.69) is 33.0 Å². The van der Waals surface area contributed by atoms with E-state index in [9.17, 15) is 4.79 Å². The molecule has 0 fully saturated rings. The number of hydrogen-bond acceptors (Lipinski definition) is 4. The van der Waals surface area contributed by atoms with Crippen molar-refractivity contribution in [2.24, 2.45) is 0 Å². The van der Waals surface area contributed by atoms with Crippen LogP contribution in [0.25, 0.3) is 0 Å². The number of nitrogens with one attached hydrogen (secondary N) is 1. The van der Waals surface area contributed by atoms with E-state index in [1.54, 1.807) is 11.3 Å². The van der Waals surface area contributed by atoms with Gasteiger partial charge < -0.3 is 9.88 Å². The Morgan fingerprint density at radius 1 is 1.46 bits per heavy atom. The fourth-order valence-electron chi connectivity index (χ4n) is 3.23. The topological polar surface area (TPSA) is 64.7 Å². The van der Waals surface area contributed by atoms with Crippen LogP contribution >= 0.6 is 11.3 Å². The first-order chi connectivity index (χ1) is 11.8. The number of nitrogens with zero attached hydrogens (tertiary/aromatic N) is 4. The summed E-state index contributed by atoms with van der Waals surface area (Å²) in [6, 6.07) is 4.10. The molecular weight excluding hydrogens is 322 g/mol. The van der Waals surface area contributed by atoms with Crippen molar-refractivity contribution in [3.63, 3.8) is 0 Å². The third-order valence-corrected chi connectivity index (χ3v) is 5.16. The van der Waals surface area contributed by atoms with Gasteiger partial charge >= 0.3 is 0 Å². The van der Waals surface area contributed by atoms with Gasteiger partial charge in [-0.2, -0.15) is 5.10 Å². The van der Waals surface area contributed by atoms with Crippen LogP contribution in [0.4, 0.5) is 5.82 Å². The summed E-state index contributed by atoms with van der Waals surface area (Å²) >= 11 is 1.69. The Hall–Kier alpha value is -2.41. The van der Waals surface area contributed by atoms with Crippen LogP contribution in [-0.4, -0.2) is 25.2 Å². The van der Waals surface area contributed by atoms with Gasteiger partial charge in [-0.3, -0.25) is 4.79 Å². The second kappa shape index (κ2) is 6.24. The average molecular weight is 341 g/mol. The highest BCUT2D eigenvalue weighted by Crippen LogP contribution is 2.36. The van der Waals surface area contributed by atoms with Gasteiger partial charge in [-0.05, 0) is 17.9 Å². The van der Waals surface area contributed by atoms with E-state index in [0.717, 1.165) is 30.2 Å². The molecule has 0 aliphatic carbocycles. The SMILES string of the molecule is CCCn1ccnc1C1CC(=O)Nc2c1cnn2Cc1cccs1. The van der Waals surface area contributed by atoms with Crippen LogP contribution < -0.4 is 5.32 Å². The fourth-order valence-corrected chi connectivity index (χ4v) is 3.92. The van der Waals surface area contributed by atoms with Crippen molar-refractivity contribution in [2.45, 2.75) is 38.8 Å². The first kappa shape index (κ1) is 15.1. The molecule has 0 aromatic carbocycles. The summed E-state index contributed by atoms with van der Waals surface area (Å²) in [4.78, 5) is 18.0. The van der Waals surface area contributed by atoms with Crippen LogP contribution in [0.3, 0.4) is 0 Å². The van der Waals surface area contributed by atoms with E-state index in [-0.39, 0.29) is 11.8 Å². The largest absolute Gasteiger partial charge is 0.334 e. The summed E-state index contributed by atoms with van der Waals surface area (Å²) in [6.45, 7) is 3.72. The Morgan fingerprint density at radius 3 is 3.17 bits per heavy atom. The molecule has 1 atom stereocenters. The zero-order chi connectivity index (χ0) is 16.5. The molecule has 124 valence electrons. The normalized spacial score (nSPS) is 16.9. The maximum atomic E-state index is 12.3. The Labute approximate surface area is 144 Å². The predicted molar refractivity (Wildman–Crippen MR) is 93.3 cm³/mol. The number of amides is 1. The molecule has 1 aliphatic heterocycles. The minimum Gasteiger partial charge on any atom is -0.334 e. The monoisotopic (exact) mass is 341 g/mol. The number of carbonyl (C=O) groups is 1. The molecule has 4 rings (SSSR count). The van der Waals surface area contributed by atoms with Crippen molar-refractivity contribution >= 4 is 23.1 Å². The fraction of sp³-hybridized carbons (Fsp3) is 0.353. The van der Waals surface area contributed by atoms with Gasteiger partial charge in [-0.1, -0.05) is 13.0 Å². The van der Waals surface area contributed by atoms with Crippen molar-refractivity contribution in [1.29, 1.82) is 0 Å². The molecule has 0 spiro atoms. The minimum absolute atomic E-state index is 0.0199. The van der Waals surface area contributed by atoms with Gasteiger partial charge in [0.05, 0.1) is 18.7 Å². The zero-order valence-electron chi connectivity index (χ0n) is 13.5. The van der Waals surface area contributed by atoms with Crippen LogP contribution in [0, 0.1) is 0 Å². The van der Waals surface area contributed by atoms with Crippen molar-refractivity contribution in [2.75, 3.05) is 5.32 Å². The Kier molecular flexibility index (Phi) is 3.93. The number of hydrogen-bond donors (Lipinski definition) is 1. The van der Waals surface area contributed by atoms with E-state index >= 15 is 0 Å². The zero-order valence-corrected chi connectivity index (χ0v) is 14.3. The smallest absolute Gasteiger partial charge is 0.226 e. The number of anilines is 1. The standard InChI is InChI=1S/C17H19N5OS/c1-2-6-21-7-5-18-16(21)13-9-15(23)20-17-14(13)10-19-22(17)11-12-4-3-8-24-12/h3-5,7-8,10,13H,2,6,9,11H2,1H3,(H,20,23). The molecule has 0 saturated carbocycles. The van der Waals surface area contributed by atoms with E-state index in [1.807, 2.05) is 34.7 Å². The van der Waals surface area contributed by atoms with Crippen molar-refractivity contribution in [3.05, 3.63) is 52.4 Å². The molecular formula is C17H19N5OS. The lowest BCUT2D eigenvalue weighted by Crippen LogP contribution is -2.26. The Balaban J connectivity index is 1.71. The van der Waals surface area contributed by atoms with Crippen LogP contribution in [0.1, 0.15) is 41.9 Å². The van der Waals surface area contributed by atoms with E-state index in [4.69, 9.17) is 0 Å². The molecule has 4 heterocycles. The second-order valence-electron chi connectivity index (χ2n) is 5.97. The molecule has 3 aromatic heterocycles. The molecule has 6 nitrogen and oxygen atoms in total. The predicted octanol–water partition coefficient (Wildman–Crippen LogP) is 3.07. The van der Waals surface area contributed by atoms with Gasteiger partial charge in [0.25, 0.3) is 0 Å². The van der Waals surface area contributed by atoms with Gasteiger partial charge in [0.1, 0.15) is 11.6 Å². The van der Waals surface area contributed by atoms with Crippen LogP contribution in [0.2, 0.25) is 0 Å². The molecule has 0 saturated heterocycles. The van der Waals surface area contributed by atoms with Crippen LogP contribution in [0.15, 0.2) is 36.1 Å². The number of fused-ring (bicyclic) bond motifs is 1. The third kappa shape index (κ3) is 2.65. The lowest BCUT2D eigenvalue weighted by molar-refractivity contribution is -0.116. The van der Waals surface area contributed by atoms with Gasteiger partial charge in [0.2, 0.25) is 5.91 Å². The molecule has 7 heteroatoms. The van der Waals surface area contributed by atoms with Crippen molar-refractivity contribution in [1.82, 2.24) is 19.3 Å². The second-order valence-corrected chi connectivity index (χ2v) is 7.00. The maximum Gasteiger partial charge on any atom is 0.226 e. The summed E-state index contributed by atoms with van der Waals surface area (Å²) in [6.07, 6.45) is 7.12. The van der Waals surface area contributed by atoms with Gasteiger partial charge in [-0.15, -0.1) is 11.3 Å². The number of aryl methyl sites for hydroxylation is 1. The van der Waals surface area contributed by atoms with Crippen molar-refractivity contribution < 1.29 is 4.79 Å². The molecule has 1 N–H and O–H groups in total. The highest BCUT2D eigenvalue weighted by molar-refractivity contribution is 7.09. The average Bonchev–Trinajstić information content (AvgIpc) is 3.29. The first-order valence-electron chi connectivity index (χ1n) is 8.15. The summed E-state index contributed by atoms with van der Waals surface area (Å²) in [5, 5.41) is 9.56. The van der Waals surface area contributed by atoms with Gasteiger partial charge in [-0.25, -0.2) is 9.67 Å². The number of aromatic nitrogens is 4. The highest BCUT2D eigenvalue weighted by Gasteiger charge is 2.32. The Morgan fingerprint density at radius 2 is 2.38 bits per heavy atom. The van der Waals surface area contributed by atoms with Crippen LogP contribution in [0.5, 0.6) is 0 Å². The number of imidazole rings is 1. The third-order valence-electron chi connectivity index (χ3n) is 4.30. The molecule has 1 unspecified atom stereocenters. The van der Waals surface area contributed by atoms with Gasteiger partial charge in [0.15, 0.2) is 0 Å². The number of rotatable bonds is 5. The van der Waals surface area contributed by atoms with E-state index in [1.165, 1.54) is 4.88 Å². The number of thiophene rings is 1. The summed E-state index contributed by atoms with van der Waals surface area (Å²) in [5.74, 6) is 1.73. The molecule has 1 amide bonds. The maximum absolute atomic E-state index is 12.3. The summed E-state index contributed by atoms with van der Waals surface area (Å²) < 4.78 is 4.02. The molecule has 1 aliphatic rings. The summed E-state index contributed by atoms with van der Waals surface area (Å²) in [7, 11) is 0. The quantitative estimate of drug-likeness (QED) is 0.776. The first-order valence-corrected chi connectivity index (χ1v) is 9.03. The van der Waals surface area contributed by atoms with Crippen LogP contribution in [-0.2, 0) is 17.9 Å². The Bertz CT molecular complexity index is 848. The minimum atomic E-state index is -0.0348. The van der Waals surface area contributed by atoms with E-state index < -0.39 is 0 Å².